The number of methoxy groups -OCH3 is 1. The van der Waals surface area contributed by atoms with E-state index in [1.165, 1.54) is 13.2 Å². The van der Waals surface area contributed by atoms with Gasteiger partial charge in [-0.1, -0.05) is 41.6 Å². The quantitative estimate of drug-likeness (QED) is 0.445. The molecular formula is C23H17FN4O3. The minimum Gasteiger partial charge on any atom is -0.494 e. The van der Waals surface area contributed by atoms with Gasteiger partial charge < -0.3 is 9.72 Å². The van der Waals surface area contributed by atoms with Gasteiger partial charge in [0.15, 0.2) is 11.6 Å². The number of hydrogen-bond acceptors (Lipinski definition) is 5. The van der Waals surface area contributed by atoms with E-state index in [0.29, 0.717) is 12.1 Å². The topological polar surface area (TPSA) is 96.8 Å². The Bertz CT molecular complexity index is 1440. The Kier molecular flexibility index (Phi) is 4.59. The third-order valence-corrected chi connectivity index (χ3v) is 5.09. The number of aromatic amines is 2. The van der Waals surface area contributed by atoms with Gasteiger partial charge in [0.05, 0.1) is 18.3 Å². The van der Waals surface area contributed by atoms with Crippen LogP contribution in [0.2, 0.25) is 0 Å². The number of halogens is 1. The Hall–Kier alpha value is -4.20. The van der Waals surface area contributed by atoms with Crippen LogP contribution in [0.15, 0.2) is 70.0 Å². The van der Waals surface area contributed by atoms with Gasteiger partial charge in [-0.2, -0.15) is 0 Å². The first-order chi connectivity index (χ1) is 15.1. The summed E-state index contributed by atoms with van der Waals surface area (Å²) in [6.07, 6.45) is 0.436. The van der Waals surface area contributed by atoms with Crippen LogP contribution in [0.1, 0.15) is 11.3 Å². The van der Waals surface area contributed by atoms with Crippen molar-refractivity contribution in [1.29, 1.82) is 0 Å². The number of hydrogen-bond donors (Lipinski definition) is 2. The lowest BCUT2D eigenvalue weighted by Gasteiger charge is -2.07. The van der Waals surface area contributed by atoms with Gasteiger partial charge in [0.1, 0.15) is 5.69 Å². The SMILES string of the molecule is COc1cc2[nH]c(-c3ccccc3)c(Cc3cccc(-c4noc(=O)[nH]4)n3)c2cc1F. The maximum absolute atomic E-state index is 14.5. The number of nitrogens with zero attached hydrogens (tertiary/aromatic N) is 2. The summed E-state index contributed by atoms with van der Waals surface area (Å²) in [5.41, 5.74) is 4.74. The molecule has 0 amide bonds. The molecule has 0 aliphatic heterocycles. The Labute approximate surface area is 175 Å². The number of H-pyrrole nitrogens is 2. The second-order valence-electron chi connectivity index (χ2n) is 7.01. The summed E-state index contributed by atoms with van der Waals surface area (Å²) >= 11 is 0. The summed E-state index contributed by atoms with van der Waals surface area (Å²) in [6, 6.07) is 18.4. The predicted molar refractivity (Wildman–Crippen MR) is 113 cm³/mol. The molecule has 31 heavy (non-hydrogen) atoms. The first-order valence-corrected chi connectivity index (χ1v) is 9.58. The average Bonchev–Trinajstić information content (AvgIpc) is 3.38. The number of ether oxygens (including phenoxy) is 1. The van der Waals surface area contributed by atoms with E-state index < -0.39 is 11.6 Å². The average molecular weight is 416 g/mol. The van der Waals surface area contributed by atoms with Gasteiger partial charge in [-0.05, 0) is 29.3 Å². The van der Waals surface area contributed by atoms with Crippen LogP contribution in [0.4, 0.5) is 4.39 Å². The Morgan fingerprint density at radius 1 is 1.06 bits per heavy atom. The zero-order valence-corrected chi connectivity index (χ0v) is 16.5. The molecule has 3 aromatic heterocycles. The lowest BCUT2D eigenvalue weighted by Crippen LogP contribution is -1.98. The molecule has 0 aliphatic carbocycles. The van der Waals surface area contributed by atoms with Crippen molar-refractivity contribution in [2.75, 3.05) is 7.11 Å². The number of rotatable bonds is 5. The number of aromatic nitrogens is 4. The van der Waals surface area contributed by atoms with Crippen LogP contribution in [0.3, 0.4) is 0 Å². The zero-order chi connectivity index (χ0) is 21.4. The highest BCUT2D eigenvalue weighted by Crippen LogP contribution is 2.35. The molecule has 0 radical (unpaired) electrons. The fourth-order valence-electron chi connectivity index (χ4n) is 3.67. The van der Waals surface area contributed by atoms with Gasteiger partial charge in [-0.25, -0.2) is 14.2 Å². The third-order valence-electron chi connectivity index (χ3n) is 5.09. The molecule has 2 aromatic carbocycles. The summed E-state index contributed by atoms with van der Waals surface area (Å²) in [5, 5.41) is 4.44. The molecule has 8 heteroatoms. The van der Waals surface area contributed by atoms with Crippen LogP contribution in [-0.4, -0.2) is 27.2 Å². The standard InChI is InChI=1S/C23H17FN4O3/c1-30-20-12-19-15(11-17(20)24)16(21(26-19)13-6-3-2-4-7-13)10-14-8-5-9-18(25-14)22-27-23(29)31-28-22/h2-9,11-12,26H,10H2,1H3,(H,27,28,29). The minimum absolute atomic E-state index is 0.176. The fraction of sp³-hybridized carbons (Fsp3) is 0.0870. The summed E-state index contributed by atoms with van der Waals surface area (Å²) in [5.74, 6) is -0.647. The zero-order valence-electron chi connectivity index (χ0n) is 16.5. The number of pyridine rings is 1. The van der Waals surface area contributed by atoms with Gasteiger partial charge >= 0.3 is 5.76 Å². The van der Waals surface area contributed by atoms with Crippen molar-refractivity contribution in [2.24, 2.45) is 0 Å². The highest BCUT2D eigenvalue weighted by Gasteiger charge is 2.18. The molecule has 0 atom stereocenters. The van der Waals surface area contributed by atoms with Crippen molar-refractivity contribution < 1.29 is 13.7 Å². The second-order valence-corrected chi connectivity index (χ2v) is 7.01. The van der Waals surface area contributed by atoms with E-state index in [1.54, 1.807) is 12.1 Å². The lowest BCUT2D eigenvalue weighted by atomic mass is 10.0. The van der Waals surface area contributed by atoms with Crippen LogP contribution in [0.5, 0.6) is 5.75 Å². The van der Waals surface area contributed by atoms with Crippen molar-refractivity contribution in [1.82, 2.24) is 20.1 Å². The fourth-order valence-corrected chi connectivity index (χ4v) is 3.67. The van der Waals surface area contributed by atoms with E-state index in [4.69, 9.17) is 4.74 Å². The monoisotopic (exact) mass is 416 g/mol. The maximum atomic E-state index is 14.5. The van der Waals surface area contributed by atoms with Crippen molar-refractivity contribution >= 4 is 10.9 Å². The van der Waals surface area contributed by atoms with Gasteiger partial charge in [0.25, 0.3) is 0 Å². The summed E-state index contributed by atoms with van der Waals surface area (Å²) in [6.45, 7) is 0. The van der Waals surface area contributed by atoms with Crippen LogP contribution >= 0.6 is 0 Å². The van der Waals surface area contributed by atoms with Gasteiger partial charge in [0.2, 0.25) is 5.82 Å². The summed E-state index contributed by atoms with van der Waals surface area (Å²) in [7, 11) is 1.44. The van der Waals surface area contributed by atoms with Crippen LogP contribution in [0, 0.1) is 5.82 Å². The molecule has 0 aliphatic rings. The van der Waals surface area contributed by atoms with Crippen molar-refractivity contribution in [3.8, 4) is 28.5 Å². The minimum atomic E-state index is -0.644. The Morgan fingerprint density at radius 3 is 2.65 bits per heavy atom. The normalized spacial score (nSPS) is 11.2. The molecule has 0 saturated heterocycles. The first kappa shape index (κ1) is 18.8. The smallest absolute Gasteiger partial charge is 0.439 e. The maximum Gasteiger partial charge on any atom is 0.439 e. The van der Waals surface area contributed by atoms with Crippen LogP contribution in [-0.2, 0) is 6.42 Å². The Morgan fingerprint density at radius 2 is 1.90 bits per heavy atom. The molecule has 0 unspecified atom stereocenters. The molecule has 7 nitrogen and oxygen atoms in total. The van der Waals surface area contributed by atoms with Gasteiger partial charge in [0, 0.05) is 23.6 Å². The molecule has 2 N–H and O–H groups in total. The molecule has 0 fully saturated rings. The molecule has 0 bridgehead atoms. The van der Waals surface area contributed by atoms with E-state index in [9.17, 15) is 9.18 Å². The van der Waals surface area contributed by atoms with Crippen molar-refractivity contribution in [3.63, 3.8) is 0 Å². The van der Waals surface area contributed by atoms with E-state index >= 15 is 0 Å². The van der Waals surface area contributed by atoms with E-state index in [2.05, 4.69) is 24.6 Å². The molecule has 154 valence electrons. The van der Waals surface area contributed by atoms with Gasteiger partial charge in [-0.3, -0.25) is 9.51 Å². The molecule has 3 heterocycles. The van der Waals surface area contributed by atoms with E-state index in [1.807, 2.05) is 42.5 Å². The summed E-state index contributed by atoms with van der Waals surface area (Å²) < 4.78 is 24.2. The predicted octanol–water partition coefficient (Wildman–Crippen LogP) is 4.31. The Balaban J connectivity index is 1.65. The highest BCUT2D eigenvalue weighted by molar-refractivity contribution is 5.92. The van der Waals surface area contributed by atoms with E-state index in [0.717, 1.165) is 33.4 Å². The first-order valence-electron chi connectivity index (χ1n) is 9.58. The van der Waals surface area contributed by atoms with Crippen molar-refractivity contribution in [3.05, 3.63) is 88.3 Å². The largest absolute Gasteiger partial charge is 0.494 e. The highest BCUT2D eigenvalue weighted by atomic mass is 19.1. The van der Waals surface area contributed by atoms with Crippen LogP contribution in [0.25, 0.3) is 33.7 Å². The molecule has 0 spiro atoms. The third kappa shape index (κ3) is 3.48. The van der Waals surface area contributed by atoms with Crippen molar-refractivity contribution in [2.45, 2.75) is 6.42 Å². The van der Waals surface area contributed by atoms with Crippen LogP contribution < -0.4 is 10.5 Å². The van der Waals surface area contributed by atoms with Gasteiger partial charge in [-0.15, -0.1) is 0 Å². The second kappa shape index (κ2) is 7.56. The lowest BCUT2D eigenvalue weighted by molar-refractivity contribution is 0.387. The summed E-state index contributed by atoms with van der Waals surface area (Å²) in [4.78, 5) is 21.8. The molecule has 0 saturated carbocycles. The molecular weight excluding hydrogens is 399 g/mol. The molecule has 5 rings (SSSR count). The molecule has 5 aromatic rings. The van der Waals surface area contributed by atoms with E-state index in [-0.39, 0.29) is 11.6 Å². The number of fused-ring (bicyclic) bond motifs is 1. The number of nitrogens with one attached hydrogen (secondary N) is 2. The number of benzene rings is 2.